The summed E-state index contributed by atoms with van der Waals surface area (Å²) in [7, 11) is -0.996. The molecule has 1 fully saturated rings. The fraction of sp³-hybridized carbons (Fsp3) is 1.00. The first-order chi connectivity index (χ1) is 5.82. The van der Waals surface area contributed by atoms with Crippen LogP contribution in [0.5, 0.6) is 0 Å². The van der Waals surface area contributed by atoms with Crippen LogP contribution < -0.4 is 0 Å². The molecule has 0 amide bonds. The van der Waals surface area contributed by atoms with Gasteiger partial charge in [-0.1, -0.05) is 0 Å². The molecule has 1 rings (SSSR count). The van der Waals surface area contributed by atoms with Gasteiger partial charge in [-0.05, 0) is 20.9 Å². The van der Waals surface area contributed by atoms with E-state index in [0.717, 1.165) is 6.54 Å². The van der Waals surface area contributed by atoms with Crippen LogP contribution in [-0.2, 0) is 10.0 Å². The Morgan fingerprint density at radius 2 is 1.69 bits per heavy atom. The van der Waals surface area contributed by atoms with Crippen LogP contribution in [0.3, 0.4) is 0 Å². The smallest absolute Gasteiger partial charge is 0.211 e. The van der Waals surface area contributed by atoms with E-state index in [1.54, 1.807) is 4.31 Å². The first-order valence-corrected chi connectivity index (χ1v) is 6.34. The summed E-state index contributed by atoms with van der Waals surface area (Å²) >= 11 is 0. The summed E-state index contributed by atoms with van der Waals surface area (Å²) in [5.41, 5.74) is 0. The van der Waals surface area contributed by atoms with Crippen molar-refractivity contribution in [3.05, 3.63) is 0 Å². The van der Waals surface area contributed by atoms with Gasteiger partial charge in [-0.25, -0.2) is 8.42 Å². The van der Waals surface area contributed by atoms with E-state index in [9.17, 15) is 8.42 Å². The summed E-state index contributed by atoms with van der Waals surface area (Å²) in [5.74, 6) is 0. The van der Waals surface area contributed by atoms with Crippen LogP contribution in [0.15, 0.2) is 0 Å². The molecule has 1 aliphatic heterocycles. The van der Waals surface area contributed by atoms with E-state index in [-0.39, 0.29) is 6.04 Å². The lowest BCUT2D eigenvalue weighted by Crippen LogP contribution is -2.56. The lowest BCUT2D eigenvalue weighted by molar-refractivity contribution is 0.119. The monoisotopic (exact) mass is 206 g/mol. The molecule has 0 aromatic carbocycles. The number of sulfonamides is 1. The summed E-state index contributed by atoms with van der Waals surface area (Å²) < 4.78 is 24.3. The molecule has 0 radical (unpaired) electrons. The van der Waals surface area contributed by atoms with E-state index in [2.05, 4.69) is 4.90 Å². The molecule has 0 saturated carbocycles. The highest BCUT2D eigenvalue weighted by Crippen LogP contribution is 2.15. The first-order valence-electron chi connectivity index (χ1n) is 4.49. The van der Waals surface area contributed by atoms with Crippen LogP contribution in [0.2, 0.25) is 0 Å². The normalized spacial score (nSPS) is 33.5. The second kappa shape index (κ2) is 3.55. The third-order valence-electron chi connectivity index (χ3n) is 2.67. The van der Waals surface area contributed by atoms with Crippen molar-refractivity contribution in [3.63, 3.8) is 0 Å². The maximum atomic E-state index is 11.4. The SMILES string of the molecule is C[C@@H]1CN(S(C)(=O)=O)[C@@H](C)CN1C. The van der Waals surface area contributed by atoms with Gasteiger partial charge < -0.3 is 4.90 Å². The summed E-state index contributed by atoms with van der Waals surface area (Å²) in [5, 5.41) is 0. The van der Waals surface area contributed by atoms with E-state index in [1.165, 1.54) is 6.26 Å². The van der Waals surface area contributed by atoms with E-state index in [1.807, 2.05) is 20.9 Å². The molecular formula is C8H18N2O2S. The second-order valence-corrected chi connectivity index (χ2v) is 5.91. The minimum Gasteiger partial charge on any atom is -0.301 e. The summed E-state index contributed by atoms with van der Waals surface area (Å²) in [6.07, 6.45) is 1.28. The van der Waals surface area contributed by atoms with Crippen molar-refractivity contribution in [2.45, 2.75) is 25.9 Å². The zero-order valence-corrected chi connectivity index (χ0v) is 9.50. The van der Waals surface area contributed by atoms with Crippen LogP contribution in [0.4, 0.5) is 0 Å². The van der Waals surface area contributed by atoms with Gasteiger partial charge in [-0.15, -0.1) is 0 Å². The van der Waals surface area contributed by atoms with Crippen LogP contribution in [-0.4, -0.2) is 56.1 Å². The standard InChI is InChI=1S/C8H18N2O2S/c1-7-6-10(13(4,11)12)8(2)5-9(7)3/h7-8H,5-6H2,1-4H3/t7-,8+/m1/s1. The number of nitrogens with zero attached hydrogens (tertiary/aromatic N) is 2. The number of hydrogen-bond acceptors (Lipinski definition) is 3. The Kier molecular flexibility index (Phi) is 2.99. The number of hydrogen-bond donors (Lipinski definition) is 0. The zero-order valence-electron chi connectivity index (χ0n) is 8.69. The van der Waals surface area contributed by atoms with E-state index in [0.29, 0.717) is 12.6 Å². The van der Waals surface area contributed by atoms with E-state index in [4.69, 9.17) is 0 Å². The lowest BCUT2D eigenvalue weighted by Gasteiger charge is -2.40. The average molecular weight is 206 g/mol. The molecular weight excluding hydrogens is 188 g/mol. The highest BCUT2D eigenvalue weighted by Gasteiger charge is 2.31. The first kappa shape index (κ1) is 10.9. The maximum Gasteiger partial charge on any atom is 0.211 e. The molecule has 0 aromatic heterocycles. The zero-order chi connectivity index (χ0) is 10.2. The lowest BCUT2D eigenvalue weighted by atomic mass is 10.2. The van der Waals surface area contributed by atoms with Crippen molar-refractivity contribution in [2.24, 2.45) is 0 Å². The molecule has 78 valence electrons. The second-order valence-electron chi connectivity index (χ2n) is 3.97. The summed E-state index contributed by atoms with van der Waals surface area (Å²) in [4.78, 5) is 2.19. The highest BCUT2D eigenvalue weighted by atomic mass is 32.2. The van der Waals surface area contributed by atoms with Crippen molar-refractivity contribution >= 4 is 10.0 Å². The summed E-state index contributed by atoms with van der Waals surface area (Å²) in [6, 6.07) is 0.405. The molecule has 1 aliphatic rings. The third-order valence-corrected chi connectivity index (χ3v) is 4.03. The fourth-order valence-electron chi connectivity index (χ4n) is 1.73. The number of rotatable bonds is 1. The Labute approximate surface area is 80.6 Å². The van der Waals surface area contributed by atoms with Crippen molar-refractivity contribution in [2.75, 3.05) is 26.4 Å². The topological polar surface area (TPSA) is 40.6 Å². The Morgan fingerprint density at radius 3 is 2.15 bits per heavy atom. The van der Waals surface area contributed by atoms with Crippen LogP contribution in [0.1, 0.15) is 13.8 Å². The van der Waals surface area contributed by atoms with Gasteiger partial charge >= 0.3 is 0 Å². The average Bonchev–Trinajstić information content (AvgIpc) is 1.94. The molecule has 0 aromatic rings. The highest BCUT2D eigenvalue weighted by molar-refractivity contribution is 7.88. The number of piperazine rings is 1. The van der Waals surface area contributed by atoms with Crippen molar-refractivity contribution in [3.8, 4) is 0 Å². The predicted octanol–water partition coefficient (Wildman–Crippen LogP) is -0.0296. The Hall–Kier alpha value is -0.130. The molecule has 2 atom stereocenters. The predicted molar refractivity (Wildman–Crippen MR) is 53.1 cm³/mol. The van der Waals surface area contributed by atoms with Gasteiger partial charge in [-0.3, -0.25) is 0 Å². The minimum absolute atomic E-state index is 0.0937. The van der Waals surface area contributed by atoms with Crippen molar-refractivity contribution in [1.82, 2.24) is 9.21 Å². The Balaban J connectivity index is 2.79. The van der Waals surface area contributed by atoms with Crippen LogP contribution >= 0.6 is 0 Å². The van der Waals surface area contributed by atoms with E-state index >= 15 is 0 Å². The quantitative estimate of drug-likeness (QED) is 0.605. The van der Waals surface area contributed by atoms with Crippen LogP contribution in [0.25, 0.3) is 0 Å². The Morgan fingerprint density at radius 1 is 1.15 bits per heavy atom. The van der Waals surface area contributed by atoms with Crippen molar-refractivity contribution < 1.29 is 8.42 Å². The Bertz CT molecular complexity index is 276. The molecule has 0 N–H and O–H groups in total. The maximum absolute atomic E-state index is 11.4. The largest absolute Gasteiger partial charge is 0.301 e. The van der Waals surface area contributed by atoms with Gasteiger partial charge in [0, 0.05) is 25.2 Å². The summed E-state index contributed by atoms with van der Waals surface area (Å²) in [6.45, 7) is 5.41. The van der Waals surface area contributed by atoms with Gasteiger partial charge in [0.1, 0.15) is 0 Å². The molecule has 0 unspecified atom stereocenters. The van der Waals surface area contributed by atoms with Gasteiger partial charge in [0.15, 0.2) is 0 Å². The molecule has 1 heterocycles. The molecule has 5 heteroatoms. The van der Waals surface area contributed by atoms with Gasteiger partial charge in [0.05, 0.1) is 6.26 Å². The number of likely N-dealkylation sites (N-methyl/N-ethyl adjacent to an activating group) is 1. The fourth-order valence-corrected chi connectivity index (χ4v) is 2.94. The van der Waals surface area contributed by atoms with Gasteiger partial charge in [0.25, 0.3) is 0 Å². The minimum atomic E-state index is -3.02. The third kappa shape index (κ3) is 2.42. The molecule has 0 aliphatic carbocycles. The van der Waals surface area contributed by atoms with Gasteiger partial charge in [-0.2, -0.15) is 4.31 Å². The van der Waals surface area contributed by atoms with E-state index < -0.39 is 10.0 Å². The molecule has 4 nitrogen and oxygen atoms in total. The van der Waals surface area contributed by atoms with Crippen molar-refractivity contribution in [1.29, 1.82) is 0 Å². The molecule has 1 saturated heterocycles. The molecule has 13 heavy (non-hydrogen) atoms. The van der Waals surface area contributed by atoms with Gasteiger partial charge in [0.2, 0.25) is 10.0 Å². The van der Waals surface area contributed by atoms with Crippen LogP contribution in [0, 0.1) is 0 Å². The molecule has 0 bridgehead atoms. The molecule has 0 spiro atoms.